The quantitative estimate of drug-likeness (QED) is 0.149. The van der Waals surface area contributed by atoms with E-state index in [4.69, 9.17) is 70.8 Å². The lowest BCUT2D eigenvalue weighted by Crippen LogP contribution is -1.91. The lowest BCUT2D eigenvalue weighted by Gasteiger charge is -2.18. The maximum absolute atomic E-state index is 9.64. The van der Waals surface area contributed by atoms with E-state index in [1.165, 1.54) is 5.39 Å². The molecule has 0 bridgehead atoms. The highest BCUT2D eigenvalue weighted by Gasteiger charge is 2.23. The molecule has 0 radical (unpaired) electrons. The summed E-state index contributed by atoms with van der Waals surface area (Å²) in [6.45, 7) is 0. The van der Waals surface area contributed by atoms with Gasteiger partial charge in [0.25, 0.3) is 0 Å². The van der Waals surface area contributed by atoms with Gasteiger partial charge < -0.3 is 13.3 Å². The summed E-state index contributed by atoms with van der Waals surface area (Å²) in [5.41, 5.74) is -0.111. The molecule has 0 fully saturated rings. The van der Waals surface area contributed by atoms with E-state index in [1.54, 1.807) is 0 Å². The van der Waals surface area contributed by atoms with Crippen molar-refractivity contribution in [3.05, 3.63) is 411 Å². The predicted molar refractivity (Wildman–Crippen MR) is 479 cm³/mol. The third kappa shape index (κ3) is 11.1. The number of hydrogen-bond donors (Lipinski definition) is 0. The van der Waals surface area contributed by atoms with E-state index in [1.807, 2.05) is 30.3 Å². The van der Waals surface area contributed by atoms with Crippen molar-refractivity contribution in [3.8, 4) is 77.9 Å². The average Bonchev–Trinajstić information content (AvgIpc) is 1.16. The lowest BCUT2D eigenvalue weighted by molar-refractivity contribution is 0.668. The predicted octanol–water partition coefficient (Wildman–Crippen LogP) is 31.7. The molecule has 0 amide bonds. The Morgan fingerprint density at radius 3 is 0.991 bits per heavy atom. The number of para-hydroxylation sites is 1. The molecule has 3 heterocycles. The first-order valence-electron chi connectivity index (χ1n) is 58.4. The van der Waals surface area contributed by atoms with Crippen LogP contribution in [0.1, 0.15) is 64.4 Å². The first kappa shape index (κ1) is 33.5. The minimum Gasteiger partial charge on any atom is -0.456 e. The zero-order chi connectivity index (χ0) is 115. The van der Waals surface area contributed by atoms with Gasteiger partial charge in [-0.1, -0.05) is 345 Å². The molecule has 24 rings (SSSR count). The van der Waals surface area contributed by atoms with Crippen LogP contribution in [0.3, 0.4) is 0 Å². The van der Waals surface area contributed by atoms with E-state index in [0.717, 1.165) is 71.1 Å². The number of fused-ring (bicyclic) bond motifs is 17. The van der Waals surface area contributed by atoms with Gasteiger partial charge in [-0.05, 0) is 231 Å². The molecule has 0 aliphatic carbocycles. The average molecular weight is 1490 g/mol. The van der Waals surface area contributed by atoms with Crippen LogP contribution in [0.25, 0.3) is 230 Å². The fraction of sp³-hybridized carbons (Fsp3) is 0. The van der Waals surface area contributed by atoms with Gasteiger partial charge in [0.1, 0.15) is 33.5 Å². The zero-order valence-electron chi connectivity index (χ0n) is 105. The number of benzene rings is 21. The molecule has 3 aromatic heterocycles. The lowest BCUT2D eigenvalue weighted by atomic mass is 9.85. The fourth-order valence-electron chi connectivity index (χ4n) is 15.0. The molecule has 0 unspecified atom stereocenters. The third-order valence-electron chi connectivity index (χ3n) is 19.8. The third-order valence-corrected chi connectivity index (χ3v) is 19.8. The molecule has 3 heteroatoms. The highest BCUT2D eigenvalue weighted by Crippen LogP contribution is 2.50. The summed E-state index contributed by atoms with van der Waals surface area (Å²) in [5.74, 6) is 0. The molecule has 0 aliphatic rings. The molecule has 0 atom stereocenters. The van der Waals surface area contributed by atoms with Gasteiger partial charge in [0.15, 0.2) is 0 Å². The number of rotatable bonds is 7. The Balaban J connectivity index is 0.000000134. The monoisotopic (exact) mass is 1480 g/mol. The Kier molecular flexibility index (Phi) is 8.02. The van der Waals surface area contributed by atoms with Gasteiger partial charge in [0.05, 0.1) is 64.4 Å². The van der Waals surface area contributed by atoms with E-state index in [0.29, 0.717) is 5.56 Å². The summed E-state index contributed by atoms with van der Waals surface area (Å²) in [6.07, 6.45) is 0. The zero-order valence-corrected chi connectivity index (χ0v) is 57.8. The molecule has 113 heavy (non-hydrogen) atoms. The van der Waals surface area contributed by atoms with E-state index in [-0.39, 0.29) is 40.5 Å². The maximum Gasteiger partial charge on any atom is 0.136 e. The molecule has 0 aliphatic heterocycles. The summed E-state index contributed by atoms with van der Waals surface area (Å²) in [6, 6.07) is 8.02. The van der Waals surface area contributed by atoms with Gasteiger partial charge in [-0.3, -0.25) is 0 Å². The van der Waals surface area contributed by atoms with Crippen molar-refractivity contribution in [3.63, 3.8) is 0 Å². The highest BCUT2D eigenvalue weighted by molar-refractivity contribution is 6.26. The Labute approximate surface area is 717 Å². The second-order valence-corrected chi connectivity index (χ2v) is 25.9. The van der Waals surface area contributed by atoms with Crippen molar-refractivity contribution in [2.75, 3.05) is 0 Å². The van der Waals surface area contributed by atoms with Crippen molar-refractivity contribution >= 4 is 152 Å². The topological polar surface area (TPSA) is 39.4 Å². The maximum atomic E-state index is 9.64. The number of furan rings is 3. The van der Waals surface area contributed by atoms with Crippen molar-refractivity contribution < 1.29 is 77.7 Å². The normalized spacial score (nSPS) is 17.5. The Morgan fingerprint density at radius 1 is 0.150 bits per heavy atom. The van der Waals surface area contributed by atoms with Gasteiger partial charge in [-0.15, -0.1) is 0 Å². The number of hydrogen-bond acceptors (Lipinski definition) is 3. The first-order valence-corrected chi connectivity index (χ1v) is 34.9. The molecule has 24 aromatic rings. The molecular weight excluding hydrogens is 1370 g/mol. The Bertz CT molecular complexity index is 10700. The van der Waals surface area contributed by atoms with Crippen LogP contribution in [0.15, 0.2) is 425 Å². The molecule has 3 nitrogen and oxygen atoms in total. The van der Waals surface area contributed by atoms with Crippen LogP contribution in [-0.2, 0) is 0 Å². The minimum atomic E-state index is -0.900. The van der Waals surface area contributed by atoms with Crippen LogP contribution in [0, 0.1) is 0 Å². The first-order chi connectivity index (χ1) is 75.6. The minimum absolute atomic E-state index is 0.202. The van der Waals surface area contributed by atoms with Crippen LogP contribution in [0.5, 0.6) is 0 Å². The molecule has 21 aromatic carbocycles. The van der Waals surface area contributed by atoms with E-state index >= 15 is 0 Å². The smallest absolute Gasteiger partial charge is 0.136 e. The van der Waals surface area contributed by atoms with Crippen LogP contribution in [0.4, 0.5) is 0 Å². The van der Waals surface area contributed by atoms with Gasteiger partial charge in [0.2, 0.25) is 0 Å². The van der Waals surface area contributed by atoms with Crippen molar-refractivity contribution in [2.24, 2.45) is 0 Å². The van der Waals surface area contributed by atoms with Crippen molar-refractivity contribution in [1.82, 2.24) is 0 Å². The van der Waals surface area contributed by atoms with Gasteiger partial charge >= 0.3 is 0 Å². The molecular formula is C110H68O3. The SMILES string of the molecule is [2H]c1c([2H])c([2H])c(-c2c3c([2H])c([2H])c([2H])c([2H])c3c(-c3c([2H])c([2H])c4oc5c([2H])c([2H])c([2H])c([2H])c5c4c3[2H])c3c([2H])c([2H])c([2H])c([2H])c23)c([2H])c1[2H].[2H]c1c([2H])c([2H])c(-c2c3c([2H])c([2H])c([2H])c([2H])c3c(-c3c([2H])c([2H])c4oc5c([2H])c6c([2H])c([2H])c([2H])c([2H])c6c([2H])c5c4c3[2H])c3c([2H])c([2H])c([2H])c([2H])c23)c([2H])c1[2H].[2H]c1c([2H])c([2H])c(-c2ccc(-c3c4ccccc4c(-c4ccc5oc6cc7ccccc7cc6c5c4)c4ccccc34)cc2)c([2H])c1[2H]. The molecule has 0 saturated carbocycles. The van der Waals surface area contributed by atoms with Gasteiger partial charge in [-0.25, -0.2) is 0 Å². The van der Waals surface area contributed by atoms with Crippen molar-refractivity contribution in [2.45, 2.75) is 0 Å². The van der Waals surface area contributed by atoms with E-state index < -0.39 is 391 Å². The summed E-state index contributed by atoms with van der Waals surface area (Å²) < 4.78 is 426. The molecule has 0 N–H and O–H groups in total. The Morgan fingerprint density at radius 2 is 0.487 bits per heavy atom. The second kappa shape index (κ2) is 27.0. The summed E-state index contributed by atoms with van der Waals surface area (Å²) in [5, 5.41) is 1.79. The molecule has 526 valence electrons. The summed E-state index contributed by atoms with van der Waals surface area (Å²) in [4.78, 5) is 0. The largest absolute Gasteiger partial charge is 0.456 e. The van der Waals surface area contributed by atoms with Crippen LogP contribution >= 0.6 is 0 Å². The highest BCUT2D eigenvalue weighted by atomic mass is 16.3. The van der Waals surface area contributed by atoms with Crippen LogP contribution in [0.2, 0.25) is 0 Å². The molecule has 0 saturated heterocycles. The fourth-order valence-corrected chi connectivity index (χ4v) is 15.0. The second-order valence-electron chi connectivity index (χ2n) is 25.9. The Hall–Kier alpha value is -14.9. The van der Waals surface area contributed by atoms with Crippen molar-refractivity contribution in [1.29, 1.82) is 0 Å². The standard InChI is InChI=1S/C42H26O.C36H22O.C32H20O/c1-2-10-27(11-3-1)28-18-20-29(21-19-28)41-33-14-6-8-16-35(33)42(36-17-9-7-15-34(36)41)32-22-23-39-37(25-32)38-24-30-12-4-5-13-31(30)26-40(38)43-39;1-2-10-23(11-3-1)35-27-14-6-8-16-29(27)36(30-17-9-7-15-28(30)35)26-18-19-33-31(21-26)32-20-24-12-4-5-13-25(24)22-34(32)37-33;1-2-10-21(11-3-1)31-24-13-4-6-15-26(24)32(27-16-7-5-14-25(27)31)22-18-19-30-28(20-22)23-12-8-9-17-29(23)33-30/h1-26H;1-22H;1-20H/i1D,2D,3D,10D,11D;1D,2D,3D,4D,5D,6D,7D,8D,9D,10D,11D,12D,13D,14D,15D,16D,17D,18D,19D,20D,21D,22D;1D,2D,3D,4D,5D,6D,7D,8D,9D,10D,11D,12D,13D,14D,15D,16D,17D,18D,19D,20D. The summed E-state index contributed by atoms with van der Waals surface area (Å²) >= 11 is 0. The van der Waals surface area contributed by atoms with Gasteiger partial charge in [0, 0.05) is 32.3 Å². The summed E-state index contributed by atoms with van der Waals surface area (Å²) in [7, 11) is 0. The van der Waals surface area contributed by atoms with Gasteiger partial charge in [-0.2, -0.15) is 0 Å². The van der Waals surface area contributed by atoms with E-state index in [2.05, 4.69) is 97.1 Å². The van der Waals surface area contributed by atoms with Crippen LogP contribution in [-0.4, -0.2) is 0 Å². The molecule has 0 spiro atoms. The van der Waals surface area contributed by atoms with Crippen LogP contribution < -0.4 is 0 Å². The van der Waals surface area contributed by atoms with E-state index in [9.17, 15) is 6.85 Å².